The van der Waals surface area contributed by atoms with Gasteiger partial charge >= 0.3 is 0 Å². The maximum absolute atomic E-state index is 11.5. The van der Waals surface area contributed by atoms with E-state index in [0.717, 1.165) is 19.4 Å². The fourth-order valence-corrected chi connectivity index (χ4v) is 3.56. The summed E-state index contributed by atoms with van der Waals surface area (Å²) in [6.07, 6.45) is 3.21. The second-order valence-corrected chi connectivity index (χ2v) is 8.72. The first-order valence-electron chi connectivity index (χ1n) is 7.36. The van der Waals surface area contributed by atoms with Gasteiger partial charge in [0.25, 0.3) is 0 Å². The molecule has 0 aromatic rings. The Balaban J connectivity index is 2.57. The van der Waals surface area contributed by atoms with E-state index in [1.807, 2.05) is 20.8 Å². The number of nitrogens with zero attached hydrogens (tertiary/aromatic N) is 1. The lowest BCUT2D eigenvalue weighted by molar-refractivity contribution is 0.0310. The molecule has 0 aromatic carbocycles. The van der Waals surface area contributed by atoms with Gasteiger partial charge in [-0.2, -0.15) is 0 Å². The van der Waals surface area contributed by atoms with Crippen LogP contribution in [0.1, 0.15) is 33.6 Å². The molecule has 0 aliphatic heterocycles. The van der Waals surface area contributed by atoms with E-state index in [9.17, 15) is 8.42 Å². The SMILES string of the molecule is CCNC(=NCC(C)(C)OC)NCC1(CS(C)(=O)=O)CC1. The Morgan fingerprint density at radius 1 is 1.33 bits per heavy atom. The van der Waals surface area contributed by atoms with Crippen LogP contribution in [0.3, 0.4) is 0 Å². The summed E-state index contributed by atoms with van der Waals surface area (Å²) in [6, 6.07) is 0. The standard InChI is InChI=1S/C14H29N3O3S/c1-6-15-12(16-9-13(2,3)20-4)17-10-14(7-8-14)11-21(5,18)19/h6-11H2,1-5H3,(H2,15,16,17). The largest absolute Gasteiger partial charge is 0.377 e. The van der Waals surface area contributed by atoms with Crippen molar-refractivity contribution in [2.75, 3.05) is 38.8 Å². The Hall–Kier alpha value is -0.820. The summed E-state index contributed by atoms with van der Waals surface area (Å²) in [6.45, 7) is 7.90. The molecule has 6 nitrogen and oxygen atoms in total. The molecule has 0 unspecified atom stereocenters. The van der Waals surface area contributed by atoms with Crippen molar-refractivity contribution in [3.05, 3.63) is 0 Å². The molecule has 1 aliphatic carbocycles. The third-order valence-electron chi connectivity index (χ3n) is 3.67. The summed E-state index contributed by atoms with van der Waals surface area (Å²) in [4.78, 5) is 4.50. The van der Waals surface area contributed by atoms with Gasteiger partial charge in [-0.25, -0.2) is 8.42 Å². The van der Waals surface area contributed by atoms with Gasteiger partial charge in [0.1, 0.15) is 9.84 Å². The average Bonchev–Trinajstić information content (AvgIpc) is 3.10. The smallest absolute Gasteiger partial charge is 0.191 e. The minimum Gasteiger partial charge on any atom is -0.377 e. The quantitative estimate of drug-likeness (QED) is 0.511. The van der Waals surface area contributed by atoms with E-state index in [1.54, 1.807) is 7.11 Å². The fourth-order valence-electron chi connectivity index (χ4n) is 2.05. The topological polar surface area (TPSA) is 79.8 Å². The predicted octanol–water partition coefficient (Wildman–Crippen LogP) is 0.791. The maximum Gasteiger partial charge on any atom is 0.191 e. The van der Waals surface area contributed by atoms with E-state index >= 15 is 0 Å². The zero-order valence-corrected chi connectivity index (χ0v) is 14.6. The van der Waals surface area contributed by atoms with Gasteiger partial charge in [-0.3, -0.25) is 4.99 Å². The lowest BCUT2D eigenvalue weighted by Gasteiger charge is -2.22. The maximum atomic E-state index is 11.5. The van der Waals surface area contributed by atoms with Crippen molar-refractivity contribution in [2.24, 2.45) is 10.4 Å². The van der Waals surface area contributed by atoms with Gasteiger partial charge in [0.2, 0.25) is 0 Å². The van der Waals surface area contributed by atoms with E-state index in [1.165, 1.54) is 6.26 Å². The van der Waals surface area contributed by atoms with Crippen LogP contribution in [-0.2, 0) is 14.6 Å². The molecule has 1 rings (SSSR count). The van der Waals surface area contributed by atoms with E-state index in [2.05, 4.69) is 15.6 Å². The number of guanidine groups is 1. The normalized spacial score (nSPS) is 18.4. The van der Waals surface area contributed by atoms with Crippen LogP contribution in [-0.4, -0.2) is 58.7 Å². The number of sulfone groups is 1. The third kappa shape index (κ3) is 7.13. The van der Waals surface area contributed by atoms with Crippen LogP contribution in [0.25, 0.3) is 0 Å². The Kier molecular flexibility index (Phi) is 6.04. The minimum absolute atomic E-state index is 0.111. The molecule has 1 aliphatic rings. The molecule has 2 N–H and O–H groups in total. The Morgan fingerprint density at radius 2 is 1.95 bits per heavy atom. The van der Waals surface area contributed by atoms with Crippen molar-refractivity contribution in [3.8, 4) is 0 Å². The van der Waals surface area contributed by atoms with Gasteiger partial charge in [0.15, 0.2) is 5.96 Å². The first-order valence-corrected chi connectivity index (χ1v) is 9.42. The molecule has 0 spiro atoms. The molecule has 1 saturated carbocycles. The van der Waals surface area contributed by atoms with E-state index < -0.39 is 9.84 Å². The van der Waals surface area contributed by atoms with Gasteiger partial charge in [0.05, 0.1) is 17.9 Å². The molecule has 1 fully saturated rings. The van der Waals surface area contributed by atoms with Crippen molar-refractivity contribution in [1.82, 2.24) is 10.6 Å². The van der Waals surface area contributed by atoms with Gasteiger partial charge < -0.3 is 15.4 Å². The number of ether oxygens (including phenoxy) is 1. The van der Waals surface area contributed by atoms with Crippen molar-refractivity contribution in [1.29, 1.82) is 0 Å². The lowest BCUT2D eigenvalue weighted by atomic mass is 10.1. The van der Waals surface area contributed by atoms with Crippen LogP contribution < -0.4 is 10.6 Å². The number of aliphatic imine (C=N–C) groups is 1. The van der Waals surface area contributed by atoms with Gasteiger partial charge in [-0.15, -0.1) is 0 Å². The molecule has 0 bridgehead atoms. The number of methoxy groups -OCH3 is 1. The second kappa shape index (κ2) is 6.96. The van der Waals surface area contributed by atoms with Crippen LogP contribution in [0.15, 0.2) is 4.99 Å². The van der Waals surface area contributed by atoms with Crippen LogP contribution in [0.4, 0.5) is 0 Å². The molecule has 0 saturated heterocycles. The molecular weight excluding hydrogens is 290 g/mol. The summed E-state index contributed by atoms with van der Waals surface area (Å²) in [5.41, 5.74) is -0.424. The number of nitrogens with one attached hydrogen (secondary N) is 2. The van der Waals surface area contributed by atoms with E-state index in [0.29, 0.717) is 19.0 Å². The summed E-state index contributed by atoms with van der Waals surface area (Å²) >= 11 is 0. The summed E-state index contributed by atoms with van der Waals surface area (Å²) in [5.74, 6) is 0.957. The summed E-state index contributed by atoms with van der Waals surface area (Å²) in [7, 11) is -1.27. The first-order chi connectivity index (χ1) is 9.61. The molecule has 0 amide bonds. The summed E-state index contributed by atoms with van der Waals surface area (Å²) < 4.78 is 28.3. The van der Waals surface area contributed by atoms with Crippen molar-refractivity contribution < 1.29 is 13.2 Å². The van der Waals surface area contributed by atoms with E-state index in [-0.39, 0.29) is 16.8 Å². The van der Waals surface area contributed by atoms with Crippen molar-refractivity contribution in [3.63, 3.8) is 0 Å². The molecule has 0 heterocycles. The first kappa shape index (κ1) is 18.2. The summed E-state index contributed by atoms with van der Waals surface area (Å²) in [5, 5.41) is 6.44. The molecule has 0 aromatic heterocycles. The molecule has 7 heteroatoms. The molecular formula is C14H29N3O3S. The predicted molar refractivity (Wildman–Crippen MR) is 86.4 cm³/mol. The highest BCUT2D eigenvalue weighted by molar-refractivity contribution is 7.90. The zero-order valence-electron chi connectivity index (χ0n) is 13.8. The molecule has 21 heavy (non-hydrogen) atoms. The van der Waals surface area contributed by atoms with E-state index in [4.69, 9.17) is 4.74 Å². The highest BCUT2D eigenvalue weighted by Crippen LogP contribution is 2.45. The number of hydrogen-bond donors (Lipinski definition) is 2. The van der Waals surface area contributed by atoms with Crippen LogP contribution in [0.5, 0.6) is 0 Å². The highest BCUT2D eigenvalue weighted by atomic mass is 32.2. The molecule has 124 valence electrons. The highest BCUT2D eigenvalue weighted by Gasteiger charge is 2.45. The fraction of sp³-hybridized carbons (Fsp3) is 0.929. The number of rotatable bonds is 8. The Morgan fingerprint density at radius 3 is 2.38 bits per heavy atom. The number of hydrogen-bond acceptors (Lipinski definition) is 4. The minimum atomic E-state index is -2.94. The Bertz CT molecular complexity index is 468. The van der Waals surface area contributed by atoms with Gasteiger partial charge in [-0.05, 0) is 33.6 Å². The monoisotopic (exact) mass is 319 g/mol. The van der Waals surface area contributed by atoms with Crippen molar-refractivity contribution >= 4 is 15.8 Å². The molecule has 0 radical (unpaired) electrons. The zero-order chi connectivity index (χ0) is 16.1. The lowest BCUT2D eigenvalue weighted by Crippen LogP contribution is -2.42. The van der Waals surface area contributed by atoms with Gasteiger partial charge in [-0.1, -0.05) is 0 Å². The van der Waals surface area contributed by atoms with Crippen LogP contribution >= 0.6 is 0 Å². The van der Waals surface area contributed by atoms with Crippen LogP contribution in [0.2, 0.25) is 0 Å². The van der Waals surface area contributed by atoms with Crippen LogP contribution in [0, 0.1) is 5.41 Å². The van der Waals surface area contributed by atoms with Gasteiger partial charge in [0, 0.05) is 31.9 Å². The molecule has 0 atom stereocenters. The Labute approximate surface area is 128 Å². The van der Waals surface area contributed by atoms with Crippen molar-refractivity contribution in [2.45, 2.75) is 39.2 Å². The second-order valence-electron chi connectivity index (χ2n) is 6.58. The average molecular weight is 319 g/mol. The third-order valence-corrected chi connectivity index (χ3v) is 4.81.